The van der Waals surface area contributed by atoms with Gasteiger partial charge in [-0.25, -0.2) is 0 Å². The van der Waals surface area contributed by atoms with Gasteiger partial charge in [-0.1, -0.05) is 38.3 Å². The summed E-state index contributed by atoms with van der Waals surface area (Å²) in [7, 11) is 0. The van der Waals surface area contributed by atoms with Gasteiger partial charge in [0, 0.05) is 28.2 Å². The van der Waals surface area contributed by atoms with Crippen molar-refractivity contribution >= 4 is 0 Å². The fraction of sp³-hybridized carbons (Fsp3) is 0.400. The third kappa shape index (κ3) is 3.42. The van der Waals surface area contributed by atoms with Crippen LogP contribution >= 0.6 is 0 Å². The molecular formula is C20H26O4. The van der Waals surface area contributed by atoms with E-state index in [0.717, 1.165) is 25.7 Å². The number of rotatable bonds is 6. The molecule has 4 N–H and O–H groups in total. The van der Waals surface area contributed by atoms with Gasteiger partial charge in [-0.15, -0.1) is 0 Å². The molecule has 0 radical (unpaired) electrons. The van der Waals surface area contributed by atoms with Gasteiger partial charge in [-0.2, -0.15) is 0 Å². The van der Waals surface area contributed by atoms with Gasteiger partial charge in [-0.05, 0) is 32.4 Å². The molecule has 4 heteroatoms. The maximum absolute atomic E-state index is 10.5. The first-order valence-corrected chi connectivity index (χ1v) is 8.41. The molecule has 0 saturated carbocycles. The standard InChI is InChI=1S/C20H26O4/c1-4-5-6-7-14(15-8-10-17(21)12(2)19(15)23)16-9-11-18(22)13(3)20(16)24/h8-11,14,21-24H,4-7H2,1-3H3. The van der Waals surface area contributed by atoms with Crippen LogP contribution in [-0.4, -0.2) is 20.4 Å². The quantitative estimate of drug-likeness (QED) is 0.571. The monoisotopic (exact) mass is 330 g/mol. The molecule has 2 rings (SSSR count). The second kappa shape index (κ2) is 7.47. The molecule has 2 aromatic rings. The van der Waals surface area contributed by atoms with Gasteiger partial charge in [0.25, 0.3) is 0 Å². The minimum Gasteiger partial charge on any atom is -0.508 e. The third-order valence-corrected chi connectivity index (χ3v) is 4.71. The van der Waals surface area contributed by atoms with E-state index in [2.05, 4.69) is 6.92 Å². The third-order valence-electron chi connectivity index (χ3n) is 4.71. The van der Waals surface area contributed by atoms with Gasteiger partial charge in [0.2, 0.25) is 0 Å². The first-order valence-electron chi connectivity index (χ1n) is 8.41. The molecule has 0 amide bonds. The molecule has 0 unspecified atom stereocenters. The lowest BCUT2D eigenvalue weighted by molar-refractivity contribution is 0.425. The van der Waals surface area contributed by atoms with Crippen LogP contribution in [0.1, 0.15) is 60.8 Å². The molecule has 24 heavy (non-hydrogen) atoms. The van der Waals surface area contributed by atoms with Crippen molar-refractivity contribution in [1.29, 1.82) is 0 Å². The molecule has 0 aliphatic heterocycles. The van der Waals surface area contributed by atoms with Gasteiger partial charge in [0.15, 0.2) is 0 Å². The van der Waals surface area contributed by atoms with Crippen LogP contribution in [0.2, 0.25) is 0 Å². The minimum atomic E-state index is -0.199. The Balaban J connectivity index is 2.54. The Kier molecular flexibility index (Phi) is 5.60. The summed E-state index contributed by atoms with van der Waals surface area (Å²) in [5, 5.41) is 40.5. The van der Waals surface area contributed by atoms with Crippen molar-refractivity contribution in [2.45, 2.75) is 52.4 Å². The molecule has 0 bridgehead atoms. The van der Waals surface area contributed by atoms with Crippen LogP contribution in [0.15, 0.2) is 24.3 Å². The van der Waals surface area contributed by atoms with Crippen LogP contribution in [0.3, 0.4) is 0 Å². The van der Waals surface area contributed by atoms with Crippen molar-refractivity contribution in [1.82, 2.24) is 0 Å². The van der Waals surface area contributed by atoms with Gasteiger partial charge < -0.3 is 20.4 Å². The molecular weight excluding hydrogens is 304 g/mol. The zero-order chi connectivity index (χ0) is 17.9. The van der Waals surface area contributed by atoms with Crippen molar-refractivity contribution in [2.75, 3.05) is 0 Å². The summed E-state index contributed by atoms with van der Waals surface area (Å²) in [4.78, 5) is 0. The largest absolute Gasteiger partial charge is 0.508 e. The van der Waals surface area contributed by atoms with Crippen LogP contribution < -0.4 is 0 Å². The van der Waals surface area contributed by atoms with Crippen molar-refractivity contribution < 1.29 is 20.4 Å². The molecule has 0 saturated heterocycles. The van der Waals surface area contributed by atoms with E-state index in [-0.39, 0.29) is 28.9 Å². The Bertz CT molecular complexity index is 665. The Hall–Kier alpha value is -2.36. The number of unbranched alkanes of at least 4 members (excludes halogenated alkanes) is 2. The maximum Gasteiger partial charge on any atom is 0.125 e. The van der Waals surface area contributed by atoms with Crippen LogP contribution in [0, 0.1) is 13.8 Å². The maximum atomic E-state index is 10.5. The molecule has 0 atom stereocenters. The number of phenolic OH excluding ortho intramolecular Hbond substituents is 4. The van der Waals surface area contributed by atoms with Crippen LogP contribution in [0.5, 0.6) is 23.0 Å². The first kappa shape index (κ1) is 18.0. The van der Waals surface area contributed by atoms with E-state index in [1.54, 1.807) is 38.1 Å². The highest BCUT2D eigenvalue weighted by molar-refractivity contribution is 5.56. The summed E-state index contributed by atoms with van der Waals surface area (Å²) in [6, 6.07) is 6.55. The second-order valence-electron chi connectivity index (χ2n) is 6.34. The first-order chi connectivity index (χ1) is 11.4. The van der Waals surface area contributed by atoms with Crippen LogP contribution in [-0.2, 0) is 0 Å². The molecule has 0 spiro atoms. The summed E-state index contributed by atoms with van der Waals surface area (Å²) in [6.45, 7) is 5.46. The van der Waals surface area contributed by atoms with E-state index in [1.807, 2.05) is 0 Å². The van der Waals surface area contributed by atoms with E-state index < -0.39 is 0 Å². The SMILES string of the molecule is CCCCCC(c1ccc(O)c(C)c1O)c1ccc(O)c(C)c1O. The Morgan fingerprint density at radius 2 is 1.21 bits per heavy atom. The highest BCUT2D eigenvalue weighted by Gasteiger charge is 2.23. The lowest BCUT2D eigenvalue weighted by Gasteiger charge is -2.22. The van der Waals surface area contributed by atoms with Crippen molar-refractivity contribution in [2.24, 2.45) is 0 Å². The number of phenols is 4. The highest BCUT2D eigenvalue weighted by Crippen LogP contribution is 2.44. The van der Waals surface area contributed by atoms with E-state index in [9.17, 15) is 20.4 Å². The summed E-state index contributed by atoms with van der Waals surface area (Å²) >= 11 is 0. The van der Waals surface area contributed by atoms with Crippen molar-refractivity contribution in [3.8, 4) is 23.0 Å². The number of aromatic hydroxyl groups is 4. The summed E-state index contributed by atoms with van der Waals surface area (Å²) in [5.41, 5.74) is 2.23. The van der Waals surface area contributed by atoms with E-state index in [0.29, 0.717) is 22.3 Å². The number of benzene rings is 2. The fourth-order valence-corrected chi connectivity index (χ4v) is 3.06. The number of hydrogen-bond acceptors (Lipinski definition) is 4. The lowest BCUT2D eigenvalue weighted by atomic mass is 9.84. The molecule has 2 aromatic carbocycles. The Labute approximate surface area is 143 Å². The predicted molar refractivity (Wildman–Crippen MR) is 95.0 cm³/mol. The van der Waals surface area contributed by atoms with Crippen LogP contribution in [0.25, 0.3) is 0 Å². The Morgan fingerprint density at radius 1 is 0.750 bits per heavy atom. The zero-order valence-electron chi connectivity index (χ0n) is 14.5. The van der Waals surface area contributed by atoms with E-state index in [4.69, 9.17) is 0 Å². The van der Waals surface area contributed by atoms with Crippen LogP contribution in [0.4, 0.5) is 0 Å². The molecule has 0 heterocycles. The molecule has 0 fully saturated rings. The zero-order valence-corrected chi connectivity index (χ0v) is 14.5. The van der Waals surface area contributed by atoms with Gasteiger partial charge in [0.1, 0.15) is 23.0 Å². The predicted octanol–water partition coefficient (Wildman–Crippen LogP) is 4.84. The average molecular weight is 330 g/mol. The number of hydrogen-bond donors (Lipinski definition) is 4. The van der Waals surface area contributed by atoms with Crippen molar-refractivity contribution in [3.05, 3.63) is 46.5 Å². The summed E-state index contributed by atoms with van der Waals surface area (Å²) < 4.78 is 0. The highest BCUT2D eigenvalue weighted by atomic mass is 16.3. The molecule has 0 aliphatic rings. The summed E-state index contributed by atoms with van der Waals surface area (Å²) in [5.74, 6) is 0.0164. The molecule has 0 aromatic heterocycles. The van der Waals surface area contributed by atoms with Crippen molar-refractivity contribution in [3.63, 3.8) is 0 Å². The van der Waals surface area contributed by atoms with E-state index >= 15 is 0 Å². The van der Waals surface area contributed by atoms with Gasteiger partial charge in [0.05, 0.1) is 0 Å². The van der Waals surface area contributed by atoms with E-state index in [1.165, 1.54) is 0 Å². The minimum absolute atomic E-state index is 0.0506. The Morgan fingerprint density at radius 3 is 1.62 bits per heavy atom. The lowest BCUT2D eigenvalue weighted by Crippen LogP contribution is -2.04. The topological polar surface area (TPSA) is 80.9 Å². The average Bonchev–Trinajstić information content (AvgIpc) is 2.56. The van der Waals surface area contributed by atoms with Gasteiger partial charge in [-0.3, -0.25) is 0 Å². The molecule has 4 nitrogen and oxygen atoms in total. The smallest absolute Gasteiger partial charge is 0.125 e. The fourth-order valence-electron chi connectivity index (χ4n) is 3.06. The van der Waals surface area contributed by atoms with Gasteiger partial charge >= 0.3 is 0 Å². The normalized spacial score (nSPS) is 11.2. The molecule has 0 aliphatic carbocycles. The molecule has 130 valence electrons. The second-order valence-corrected chi connectivity index (χ2v) is 6.34. The summed E-state index contributed by atoms with van der Waals surface area (Å²) in [6.07, 6.45) is 3.86.